The first-order chi connectivity index (χ1) is 9.34. The number of carboxylic acids is 1. The van der Waals surface area contributed by atoms with Gasteiger partial charge in [-0.2, -0.15) is 0 Å². The third-order valence-electron chi connectivity index (χ3n) is 3.88. The molecule has 0 amide bonds. The van der Waals surface area contributed by atoms with Crippen LogP contribution in [-0.2, 0) is 18.9 Å². The number of hydrogen-bond donors (Lipinski definition) is 1. The number of aliphatic carboxylic acids is 1. The Morgan fingerprint density at radius 3 is 2.40 bits per heavy atom. The number of nitrogens with zero attached hydrogens (tertiary/aromatic N) is 2. The minimum Gasteiger partial charge on any atom is -0.481 e. The van der Waals surface area contributed by atoms with Crippen LogP contribution >= 0.6 is 0 Å². The first-order valence-corrected chi connectivity index (χ1v) is 6.38. The Balaban J connectivity index is 2.47. The van der Waals surface area contributed by atoms with E-state index in [0.29, 0.717) is 19.3 Å². The zero-order valence-electron chi connectivity index (χ0n) is 11.3. The number of hydrogen-bond acceptors (Lipinski definition) is 4. The van der Waals surface area contributed by atoms with E-state index in [1.165, 1.54) is 20.3 Å². The van der Waals surface area contributed by atoms with Crippen molar-refractivity contribution in [3.05, 3.63) is 32.6 Å². The second-order valence-corrected chi connectivity index (χ2v) is 5.15. The number of ketones is 1. The molecule has 0 radical (unpaired) electrons. The Bertz CT molecular complexity index is 685. The minimum absolute atomic E-state index is 0.118. The number of carbonyl (C=O) groups excluding carboxylic acids is 1. The molecule has 0 aliphatic heterocycles. The van der Waals surface area contributed by atoms with E-state index < -0.39 is 34.8 Å². The van der Waals surface area contributed by atoms with Crippen LogP contribution < -0.4 is 11.2 Å². The molecule has 0 spiro atoms. The fourth-order valence-electron chi connectivity index (χ4n) is 2.75. The van der Waals surface area contributed by atoms with E-state index in [1.807, 2.05) is 0 Å². The summed E-state index contributed by atoms with van der Waals surface area (Å²) in [6, 6.07) is 0. The topological polar surface area (TPSA) is 98.4 Å². The Hall–Kier alpha value is -2.18. The predicted octanol–water partition coefficient (Wildman–Crippen LogP) is -0.232. The van der Waals surface area contributed by atoms with Crippen molar-refractivity contribution in [1.29, 1.82) is 0 Å². The highest BCUT2D eigenvalue weighted by Crippen LogP contribution is 2.33. The third-order valence-corrected chi connectivity index (χ3v) is 3.88. The maximum absolute atomic E-state index is 12.4. The average Bonchev–Trinajstić information content (AvgIpc) is 2.89. The molecule has 108 valence electrons. The molecule has 2 rings (SSSR count). The van der Waals surface area contributed by atoms with Crippen molar-refractivity contribution in [2.75, 3.05) is 0 Å². The number of Topliss-reactive ketones (excluding diaryl/α,β-unsaturated/α-hetero) is 1. The fraction of sp³-hybridized carbons (Fsp3) is 0.538. The van der Waals surface area contributed by atoms with Gasteiger partial charge < -0.3 is 9.67 Å². The molecule has 2 atom stereocenters. The van der Waals surface area contributed by atoms with Crippen LogP contribution in [0.3, 0.4) is 0 Å². The summed E-state index contributed by atoms with van der Waals surface area (Å²) < 4.78 is 2.01. The van der Waals surface area contributed by atoms with Gasteiger partial charge in [-0.15, -0.1) is 0 Å². The van der Waals surface area contributed by atoms with Crippen molar-refractivity contribution in [1.82, 2.24) is 9.13 Å². The summed E-state index contributed by atoms with van der Waals surface area (Å²) >= 11 is 0. The molecule has 0 saturated heterocycles. The molecule has 7 nitrogen and oxygen atoms in total. The van der Waals surface area contributed by atoms with Gasteiger partial charge in [0.1, 0.15) is 0 Å². The summed E-state index contributed by atoms with van der Waals surface area (Å²) in [6.07, 6.45) is 2.75. The lowest BCUT2D eigenvalue weighted by atomic mass is 9.89. The van der Waals surface area contributed by atoms with E-state index in [2.05, 4.69) is 0 Å². The lowest BCUT2D eigenvalue weighted by molar-refractivity contribution is -0.142. The smallest absolute Gasteiger partial charge is 0.330 e. The highest BCUT2D eigenvalue weighted by atomic mass is 16.4. The Labute approximate surface area is 114 Å². The van der Waals surface area contributed by atoms with Crippen LogP contribution in [0.15, 0.2) is 15.8 Å². The van der Waals surface area contributed by atoms with Crippen LogP contribution in [0.1, 0.15) is 29.6 Å². The van der Waals surface area contributed by atoms with E-state index in [9.17, 15) is 19.2 Å². The molecule has 1 aromatic rings. The number of carbonyl (C=O) groups is 2. The van der Waals surface area contributed by atoms with E-state index >= 15 is 0 Å². The van der Waals surface area contributed by atoms with Gasteiger partial charge in [0.05, 0.1) is 11.5 Å². The molecule has 1 fully saturated rings. The van der Waals surface area contributed by atoms with Crippen molar-refractivity contribution < 1.29 is 14.7 Å². The molecule has 1 aromatic heterocycles. The van der Waals surface area contributed by atoms with E-state index in [0.717, 1.165) is 9.13 Å². The zero-order chi connectivity index (χ0) is 15.0. The van der Waals surface area contributed by atoms with Crippen molar-refractivity contribution >= 4 is 11.8 Å². The normalized spacial score (nSPS) is 21.9. The van der Waals surface area contributed by atoms with Gasteiger partial charge in [0.15, 0.2) is 5.78 Å². The first kappa shape index (κ1) is 14.2. The number of aromatic nitrogens is 2. The van der Waals surface area contributed by atoms with E-state index in [4.69, 9.17) is 5.11 Å². The minimum atomic E-state index is -1.01. The van der Waals surface area contributed by atoms with Gasteiger partial charge in [0.2, 0.25) is 0 Å². The van der Waals surface area contributed by atoms with Crippen molar-refractivity contribution in [2.45, 2.75) is 19.3 Å². The van der Waals surface area contributed by atoms with Crippen LogP contribution in [-0.4, -0.2) is 26.0 Å². The standard InChI is InChI=1S/C13H16N2O5/c1-14-6-9(11(17)15(2)13(14)20)10(16)7-4-3-5-8(7)12(18)19/h6-8H,3-5H2,1-2H3,(H,18,19). The maximum atomic E-state index is 12.4. The molecule has 0 bridgehead atoms. The van der Waals surface area contributed by atoms with Gasteiger partial charge in [-0.05, 0) is 12.8 Å². The van der Waals surface area contributed by atoms with Gasteiger partial charge in [0, 0.05) is 26.2 Å². The van der Waals surface area contributed by atoms with Gasteiger partial charge in [0.25, 0.3) is 5.56 Å². The molecular weight excluding hydrogens is 264 g/mol. The Morgan fingerprint density at radius 1 is 1.20 bits per heavy atom. The van der Waals surface area contributed by atoms with Crippen molar-refractivity contribution in [2.24, 2.45) is 25.9 Å². The van der Waals surface area contributed by atoms with Crippen LogP contribution in [0.25, 0.3) is 0 Å². The van der Waals surface area contributed by atoms with E-state index in [1.54, 1.807) is 0 Å². The quantitative estimate of drug-likeness (QED) is 0.771. The summed E-state index contributed by atoms with van der Waals surface area (Å²) in [5, 5.41) is 9.11. The lowest BCUT2D eigenvalue weighted by Crippen LogP contribution is -2.41. The Morgan fingerprint density at radius 2 is 1.80 bits per heavy atom. The van der Waals surface area contributed by atoms with Gasteiger partial charge >= 0.3 is 11.7 Å². The van der Waals surface area contributed by atoms with Crippen molar-refractivity contribution in [3.63, 3.8) is 0 Å². The van der Waals surface area contributed by atoms with Crippen LogP contribution in [0.5, 0.6) is 0 Å². The number of carboxylic acid groups (broad SMARTS) is 1. The van der Waals surface area contributed by atoms with Crippen molar-refractivity contribution in [3.8, 4) is 0 Å². The Kier molecular flexibility index (Phi) is 3.61. The fourth-order valence-corrected chi connectivity index (χ4v) is 2.75. The largest absolute Gasteiger partial charge is 0.481 e. The summed E-state index contributed by atoms with van der Waals surface area (Å²) in [5.41, 5.74) is -1.31. The molecule has 7 heteroatoms. The highest BCUT2D eigenvalue weighted by Gasteiger charge is 2.39. The molecule has 1 N–H and O–H groups in total. The van der Waals surface area contributed by atoms with Crippen LogP contribution in [0, 0.1) is 11.8 Å². The van der Waals surface area contributed by atoms with Gasteiger partial charge in [-0.1, -0.05) is 6.42 Å². The molecule has 1 heterocycles. The molecular formula is C13H16N2O5. The second-order valence-electron chi connectivity index (χ2n) is 5.15. The summed E-state index contributed by atoms with van der Waals surface area (Å²) in [4.78, 5) is 47.1. The van der Waals surface area contributed by atoms with Crippen LogP contribution in [0.2, 0.25) is 0 Å². The third kappa shape index (κ3) is 2.19. The molecule has 1 saturated carbocycles. The van der Waals surface area contributed by atoms with Gasteiger partial charge in [-0.25, -0.2) is 4.79 Å². The summed E-state index contributed by atoms with van der Waals surface area (Å²) in [7, 11) is 2.74. The predicted molar refractivity (Wildman–Crippen MR) is 69.7 cm³/mol. The van der Waals surface area contributed by atoms with E-state index in [-0.39, 0.29) is 5.56 Å². The summed E-state index contributed by atoms with van der Waals surface area (Å²) in [6.45, 7) is 0. The summed E-state index contributed by atoms with van der Waals surface area (Å²) in [5.74, 6) is -2.92. The zero-order valence-corrected chi connectivity index (χ0v) is 11.3. The molecule has 1 aliphatic rings. The number of aryl methyl sites for hydroxylation is 1. The highest BCUT2D eigenvalue weighted by molar-refractivity contribution is 5.99. The first-order valence-electron chi connectivity index (χ1n) is 6.38. The second kappa shape index (κ2) is 5.07. The number of rotatable bonds is 3. The molecule has 20 heavy (non-hydrogen) atoms. The lowest BCUT2D eigenvalue weighted by Gasteiger charge is -2.15. The van der Waals surface area contributed by atoms with Gasteiger partial charge in [-0.3, -0.25) is 19.0 Å². The SMILES string of the molecule is Cn1cc(C(=O)C2CCCC2C(=O)O)c(=O)n(C)c1=O. The molecule has 2 unspecified atom stereocenters. The average molecular weight is 280 g/mol. The molecule has 0 aromatic carbocycles. The monoisotopic (exact) mass is 280 g/mol. The maximum Gasteiger partial charge on any atom is 0.330 e. The molecule has 1 aliphatic carbocycles. The van der Waals surface area contributed by atoms with Crippen LogP contribution in [0.4, 0.5) is 0 Å².